The number of hydrogen-bond acceptors (Lipinski definition) is 4. The fraction of sp³-hybridized carbons (Fsp3) is 0.273. The van der Waals surface area contributed by atoms with Gasteiger partial charge in [-0.05, 0) is 19.2 Å². The van der Waals surface area contributed by atoms with Crippen molar-refractivity contribution in [3.05, 3.63) is 36.0 Å². The molecule has 4 nitrogen and oxygen atoms in total. The smallest absolute Gasteiger partial charge is 0.250 e. The number of halogens is 1. The summed E-state index contributed by atoms with van der Waals surface area (Å²) in [5.41, 5.74) is 0.339. The minimum atomic E-state index is -0.355. The average Bonchev–Trinajstić information content (AvgIpc) is 2.75. The molecule has 84 valence electrons. The Hall–Kier alpha value is -1.75. The Balaban J connectivity index is 2.22. The number of nitrogens with zero attached hydrogens (tertiary/aromatic N) is 2. The normalized spacial score (nSPS) is 10.6. The molecule has 0 bridgehead atoms. The lowest BCUT2D eigenvalue weighted by molar-refractivity contribution is 0.496. The van der Waals surface area contributed by atoms with Crippen LogP contribution in [0.1, 0.15) is 5.89 Å². The molecule has 0 spiro atoms. The monoisotopic (exact) mass is 221 g/mol. The van der Waals surface area contributed by atoms with Gasteiger partial charge in [-0.15, -0.1) is 10.2 Å². The third-order valence-electron chi connectivity index (χ3n) is 2.16. The summed E-state index contributed by atoms with van der Waals surface area (Å²) in [6, 6.07) is 6.34. The van der Waals surface area contributed by atoms with Crippen LogP contribution in [0.3, 0.4) is 0 Å². The number of likely N-dealkylation sites (N-methyl/N-ethyl adjacent to an activating group) is 1. The van der Waals surface area contributed by atoms with Gasteiger partial charge < -0.3 is 9.73 Å². The Bertz CT molecular complexity index is 470. The van der Waals surface area contributed by atoms with Crippen molar-refractivity contribution in [2.24, 2.45) is 0 Å². The second-order valence-electron chi connectivity index (χ2n) is 3.33. The highest BCUT2D eigenvalue weighted by Crippen LogP contribution is 2.20. The molecule has 1 aromatic carbocycles. The lowest BCUT2D eigenvalue weighted by Crippen LogP contribution is -2.10. The van der Waals surface area contributed by atoms with Gasteiger partial charge in [0.25, 0.3) is 5.89 Å². The molecule has 0 aliphatic rings. The van der Waals surface area contributed by atoms with Gasteiger partial charge in [-0.2, -0.15) is 0 Å². The predicted molar refractivity (Wildman–Crippen MR) is 57.3 cm³/mol. The quantitative estimate of drug-likeness (QED) is 0.852. The summed E-state index contributed by atoms with van der Waals surface area (Å²) in [5, 5.41) is 10.6. The first kappa shape index (κ1) is 10.8. The van der Waals surface area contributed by atoms with Gasteiger partial charge in [0.2, 0.25) is 5.89 Å². The van der Waals surface area contributed by atoms with E-state index in [1.807, 2.05) is 7.05 Å². The van der Waals surface area contributed by atoms with Crippen LogP contribution in [0, 0.1) is 5.82 Å². The predicted octanol–water partition coefficient (Wildman–Crippen LogP) is 1.64. The number of rotatable bonds is 4. The topological polar surface area (TPSA) is 51.0 Å². The number of aromatic nitrogens is 2. The van der Waals surface area contributed by atoms with Crippen molar-refractivity contribution >= 4 is 0 Å². The maximum Gasteiger partial charge on any atom is 0.250 e. The summed E-state index contributed by atoms with van der Waals surface area (Å²) in [6.07, 6.45) is 0.637. The van der Waals surface area contributed by atoms with Crippen molar-refractivity contribution in [3.63, 3.8) is 0 Å². The molecule has 16 heavy (non-hydrogen) atoms. The molecule has 0 aliphatic carbocycles. The Labute approximate surface area is 92.5 Å². The Morgan fingerprint density at radius 2 is 2.12 bits per heavy atom. The number of nitrogens with one attached hydrogen (secondary N) is 1. The zero-order valence-electron chi connectivity index (χ0n) is 8.90. The minimum absolute atomic E-state index is 0.226. The summed E-state index contributed by atoms with van der Waals surface area (Å²) in [5.74, 6) is 0.378. The highest BCUT2D eigenvalue weighted by Gasteiger charge is 2.11. The fourth-order valence-electron chi connectivity index (χ4n) is 1.33. The maximum absolute atomic E-state index is 13.4. The SMILES string of the molecule is CNCCc1nnc(-c2ccccc2F)o1. The van der Waals surface area contributed by atoms with E-state index in [1.165, 1.54) is 6.07 Å². The summed E-state index contributed by atoms with van der Waals surface area (Å²) in [6.45, 7) is 0.749. The van der Waals surface area contributed by atoms with Crippen molar-refractivity contribution in [2.75, 3.05) is 13.6 Å². The maximum atomic E-state index is 13.4. The molecule has 0 fully saturated rings. The Kier molecular flexibility index (Phi) is 3.26. The first-order valence-electron chi connectivity index (χ1n) is 5.03. The molecule has 1 aromatic heterocycles. The van der Waals surface area contributed by atoms with E-state index in [4.69, 9.17) is 4.42 Å². The molecule has 0 saturated heterocycles. The van der Waals surface area contributed by atoms with Gasteiger partial charge in [0.1, 0.15) is 5.82 Å². The van der Waals surface area contributed by atoms with Crippen LogP contribution in [0.4, 0.5) is 4.39 Å². The van der Waals surface area contributed by atoms with Gasteiger partial charge in [-0.3, -0.25) is 0 Å². The molecule has 0 aliphatic heterocycles. The summed E-state index contributed by atoms with van der Waals surface area (Å²) in [4.78, 5) is 0. The third kappa shape index (κ3) is 2.25. The van der Waals surface area contributed by atoms with Gasteiger partial charge in [-0.25, -0.2) is 4.39 Å². The van der Waals surface area contributed by atoms with E-state index >= 15 is 0 Å². The number of hydrogen-bond donors (Lipinski definition) is 1. The van der Waals surface area contributed by atoms with Crippen molar-refractivity contribution in [3.8, 4) is 11.5 Å². The van der Waals surface area contributed by atoms with Gasteiger partial charge >= 0.3 is 0 Å². The van der Waals surface area contributed by atoms with Crippen molar-refractivity contribution in [2.45, 2.75) is 6.42 Å². The van der Waals surface area contributed by atoms with Crippen LogP contribution in [-0.4, -0.2) is 23.8 Å². The minimum Gasteiger partial charge on any atom is -0.421 e. The highest BCUT2D eigenvalue weighted by atomic mass is 19.1. The van der Waals surface area contributed by atoms with Crippen LogP contribution in [0.15, 0.2) is 28.7 Å². The van der Waals surface area contributed by atoms with Crippen LogP contribution < -0.4 is 5.32 Å². The molecular formula is C11H12FN3O. The lowest BCUT2D eigenvalue weighted by Gasteiger charge is -1.96. The Morgan fingerprint density at radius 1 is 1.31 bits per heavy atom. The third-order valence-corrected chi connectivity index (χ3v) is 2.16. The zero-order valence-corrected chi connectivity index (χ0v) is 8.90. The van der Waals surface area contributed by atoms with Crippen molar-refractivity contribution in [1.82, 2.24) is 15.5 Å². The van der Waals surface area contributed by atoms with E-state index in [9.17, 15) is 4.39 Å². The van der Waals surface area contributed by atoms with Crippen LogP contribution in [-0.2, 0) is 6.42 Å². The van der Waals surface area contributed by atoms with E-state index in [2.05, 4.69) is 15.5 Å². The van der Waals surface area contributed by atoms with Crippen LogP contribution >= 0.6 is 0 Å². The van der Waals surface area contributed by atoms with Crippen molar-refractivity contribution in [1.29, 1.82) is 0 Å². The zero-order chi connectivity index (χ0) is 11.4. The molecule has 0 amide bonds. The van der Waals surface area contributed by atoms with E-state index in [1.54, 1.807) is 18.2 Å². The van der Waals surface area contributed by atoms with Crippen LogP contribution in [0.2, 0.25) is 0 Å². The van der Waals surface area contributed by atoms with Crippen LogP contribution in [0.25, 0.3) is 11.5 Å². The molecule has 2 aromatic rings. The summed E-state index contributed by atoms with van der Waals surface area (Å²) in [7, 11) is 1.84. The van der Waals surface area contributed by atoms with Crippen molar-refractivity contribution < 1.29 is 8.81 Å². The molecule has 2 rings (SSSR count). The average molecular weight is 221 g/mol. The first-order chi connectivity index (χ1) is 7.81. The molecule has 1 heterocycles. The number of benzene rings is 1. The van der Waals surface area contributed by atoms with E-state index in [0.29, 0.717) is 17.9 Å². The highest BCUT2D eigenvalue weighted by molar-refractivity contribution is 5.53. The van der Waals surface area contributed by atoms with Gasteiger partial charge in [0.05, 0.1) is 5.56 Å². The molecule has 1 N–H and O–H groups in total. The van der Waals surface area contributed by atoms with E-state index < -0.39 is 0 Å². The summed E-state index contributed by atoms with van der Waals surface area (Å²) < 4.78 is 18.7. The molecule has 0 saturated carbocycles. The summed E-state index contributed by atoms with van der Waals surface area (Å²) >= 11 is 0. The van der Waals surface area contributed by atoms with Gasteiger partial charge in [0, 0.05) is 13.0 Å². The lowest BCUT2D eigenvalue weighted by atomic mass is 10.2. The second kappa shape index (κ2) is 4.85. The van der Waals surface area contributed by atoms with E-state index in [0.717, 1.165) is 6.54 Å². The second-order valence-corrected chi connectivity index (χ2v) is 3.33. The van der Waals surface area contributed by atoms with Gasteiger partial charge in [-0.1, -0.05) is 12.1 Å². The standard InChI is InChI=1S/C11H12FN3O/c1-13-7-6-10-14-15-11(16-10)8-4-2-3-5-9(8)12/h2-5,13H,6-7H2,1H3. The van der Waals surface area contributed by atoms with E-state index in [-0.39, 0.29) is 11.7 Å². The fourth-order valence-corrected chi connectivity index (χ4v) is 1.33. The molecule has 0 unspecified atom stereocenters. The molecular weight excluding hydrogens is 209 g/mol. The largest absolute Gasteiger partial charge is 0.421 e. The van der Waals surface area contributed by atoms with Crippen LogP contribution in [0.5, 0.6) is 0 Å². The van der Waals surface area contributed by atoms with Gasteiger partial charge in [0.15, 0.2) is 0 Å². The molecule has 5 heteroatoms. The first-order valence-corrected chi connectivity index (χ1v) is 5.03. The Morgan fingerprint density at radius 3 is 2.88 bits per heavy atom. The molecule has 0 radical (unpaired) electrons. The molecule has 0 atom stereocenters.